The second kappa shape index (κ2) is 14.6. The van der Waals surface area contributed by atoms with Gasteiger partial charge in [0.05, 0.1) is 6.04 Å². The second-order valence-electron chi connectivity index (χ2n) is 9.58. The lowest BCUT2D eigenvalue weighted by Crippen LogP contribution is -2.58. The Hall–Kier alpha value is -2.62. The van der Waals surface area contributed by atoms with Crippen molar-refractivity contribution < 1.29 is 24.3 Å². The number of aliphatic hydroxyl groups excluding tert-OH is 1. The maximum absolute atomic E-state index is 12.9. The SMILES string of the molecule is C=C(CCC(=O)N[C@@H](C)C(=O)N[C@H](C)[C@H](O)N(C)C(=O)N(C)[C@@H](CC(C)C)C(=O)NC)C(C)C. The number of urea groups is 1. The predicted octanol–water partition coefficient (Wildman–Crippen LogP) is 1.45. The standard InChI is InChI=1S/C24H45N5O5/c1-14(2)13-19(22(32)25-8)28(9)24(34)29(10)23(33)18(7)27-21(31)17(6)26-20(30)12-11-16(5)15(3)4/h14-15,17-19,23,33H,5,11-13H2,1-4,6-10H3,(H,25,32)(H,26,30)(H,27,31)/t17-,18+,19-,23-/m0/s1. The number of nitrogens with zero attached hydrogens (tertiary/aromatic N) is 2. The van der Waals surface area contributed by atoms with Crippen LogP contribution in [0.5, 0.6) is 0 Å². The molecule has 34 heavy (non-hydrogen) atoms. The van der Waals surface area contributed by atoms with Crippen molar-refractivity contribution in [2.24, 2.45) is 11.8 Å². The number of hydrogen-bond acceptors (Lipinski definition) is 5. The van der Waals surface area contributed by atoms with Crippen molar-refractivity contribution in [2.45, 2.75) is 85.2 Å². The largest absolute Gasteiger partial charge is 0.371 e. The van der Waals surface area contributed by atoms with E-state index in [0.717, 1.165) is 10.5 Å². The fourth-order valence-corrected chi connectivity index (χ4v) is 3.25. The summed E-state index contributed by atoms with van der Waals surface area (Å²) in [6, 6.07) is -2.89. The van der Waals surface area contributed by atoms with Gasteiger partial charge in [-0.25, -0.2) is 4.79 Å². The van der Waals surface area contributed by atoms with E-state index in [-0.39, 0.29) is 30.1 Å². The van der Waals surface area contributed by atoms with Gasteiger partial charge in [0.2, 0.25) is 17.7 Å². The third-order valence-corrected chi connectivity index (χ3v) is 5.79. The van der Waals surface area contributed by atoms with Crippen LogP contribution < -0.4 is 16.0 Å². The summed E-state index contributed by atoms with van der Waals surface area (Å²) >= 11 is 0. The van der Waals surface area contributed by atoms with Gasteiger partial charge in [0.15, 0.2) is 0 Å². The molecule has 4 atom stereocenters. The van der Waals surface area contributed by atoms with E-state index in [1.54, 1.807) is 13.8 Å². The Morgan fingerprint density at radius 2 is 1.44 bits per heavy atom. The molecule has 0 bridgehead atoms. The highest BCUT2D eigenvalue weighted by Crippen LogP contribution is 2.14. The molecule has 5 amide bonds. The van der Waals surface area contributed by atoms with Crippen LogP contribution in [0.4, 0.5) is 4.79 Å². The molecule has 0 aliphatic heterocycles. The molecule has 0 saturated heterocycles. The molecular formula is C24H45N5O5. The Labute approximate surface area is 204 Å². The molecule has 0 aliphatic rings. The van der Waals surface area contributed by atoms with Gasteiger partial charge in [0.1, 0.15) is 18.3 Å². The molecule has 0 rings (SSSR count). The molecule has 10 heteroatoms. The molecule has 10 nitrogen and oxygen atoms in total. The number of carbonyl (C=O) groups is 4. The number of rotatable bonds is 13. The van der Waals surface area contributed by atoms with Crippen LogP contribution in [0.3, 0.4) is 0 Å². The zero-order valence-electron chi connectivity index (χ0n) is 22.3. The fraction of sp³-hybridized carbons (Fsp3) is 0.750. The van der Waals surface area contributed by atoms with Gasteiger partial charge in [0.25, 0.3) is 0 Å². The molecule has 196 valence electrons. The summed E-state index contributed by atoms with van der Waals surface area (Å²) in [6.45, 7) is 14.9. The van der Waals surface area contributed by atoms with Crippen molar-refractivity contribution in [1.82, 2.24) is 25.8 Å². The van der Waals surface area contributed by atoms with Gasteiger partial charge < -0.3 is 26.0 Å². The van der Waals surface area contributed by atoms with Gasteiger partial charge in [-0.1, -0.05) is 39.8 Å². The number of likely N-dealkylation sites (N-methyl/N-ethyl adjacent to an activating group) is 3. The van der Waals surface area contributed by atoms with Gasteiger partial charge in [-0.3, -0.25) is 19.3 Å². The molecule has 4 N–H and O–H groups in total. The lowest BCUT2D eigenvalue weighted by atomic mass is 10.0. The molecular weight excluding hydrogens is 438 g/mol. The summed E-state index contributed by atoms with van der Waals surface area (Å²) < 4.78 is 0. The van der Waals surface area contributed by atoms with Crippen molar-refractivity contribution in [3.8, 4) is 0 Å². The summed E-state index contributed by atoms with van der Waals surface area (Å²) in [5.41, 5.74) is 0.966. The van der Waals surface area contributed by atoms with Crippen LogP contribution in [0.25, 0.3) is 0 Å². The highest BCUT2D eigenvalue weighted by Gasteiger charge is 2.33. The van der Waals surface area contributed by atoms with Crippen LogP contribution in [0.2, 0.25) is 0 Å². The summed E-state index contributed by atoms with van der Waals surface area (Å²) in [7, 11) is 4.41. The normalized spacial score (nSPS) is 14.6. The monoisotopic (exact) mass is 483 g/mol. The van der Waals surface area contributed by atoms with Crippen LogP contribution in [-0.2, 0) is 14.4 Å². The van der Waals surface area contributed by atoms with Gasteiger partial charge >= 0.3 is 6.03 Å². The molecule has 0 unspecified atom stereocenters. The summed E-state index contributed by atoms with van der Waals surface area (Å²) in [4.78, 5) is 52.2. The summed E-state index contributed by atoms with van der Waals surface area (Å²) in [5.74, 6) is -0.593. The Morgan fingerprint density at radius 1 is 0.882 bits per heavy atom. The number of carbonyl (C=O) groups excluding carboxylic acids is 4. The predicted molar refractivity (Wildman–Crippen MR) is 133 cm³/mol. The zero-order chi connectivity index (χ0) is 26.7. The number of allylic oxidation sites excluding steroid dienone is 1. The van der Waals surface area contributed by atoms with E-state index in [1.807, 2.05) is 27.7 Å². The highest BCUT2D eigenvalue weighted by atomic mass is 16.3. The topological polar surface area (TPSA) is 131 Å². The summed E-state index contributed by atoms with van der Waals surface area (Å²) in [5, 5.41) is 18.5. The van der Waals surface area contributed by atoms with Crippen LogP contribution in [0.15, 0.2) is 12.2 Å². The minimum absolute atomic E-state index is 0.172. The lowest BCUT2D eigenvalue weighted by Gasteiger charge is -2.35. The van der Waals surface area contributed by atoms with Crippen LogP contribution in [0, 0.1) is 11.8 Å². The van der Waals surface area contributed by atoms with Gasteiger partial charge in [-0.15, -0.1) is 0 Å². The van der Waals surface area contributed by atoms with Crippen LogP contribution in [-0.4, -0.2) is 84.2 Å². The van der Waals surface area contributed by atoms with Gasteiger partial charge in [0, 0.05) is 27.6 Å². The number of aliphatic hydroxyl groups is 1. The number of amides is 5. The zero-order valence-corrected chi connectivity index (χ0v) is 22.3. The van der Waals surface area contributed by atoms with Crippen molar-refractivity contribution >= 4 is 23.8 Å². The van der Waals surface area contributed by atoms with Crippen molar-refractivity contribution in [3.63, 3.8) is 0 Å². The van der Waals surface area contributed by atoms with Crippen LogP contribution in [0.1, 0.15) is 60.8 Å². The van der Waals surface area contributed by atoms with E-state index in [4.69, 9.17) is 0 Å². The molecule has 0 fully saturated rings. The van der Waals surface area contributed by atoms with Gasteiger partial charge in [-0.2, -0.15) is 0 Å². The molecule has 0 spiro atoms. The quantitative estimate of drug-likeness (QED) is 0.233. The molecule has 0 radical (unpaired) electrons. The Balaban J connectivity index is 4.97. The first-order valence-corrected chi connectivity index (χ1v) is 11.8. The first-order valence-electron chi connectivity index (χ1n) is 11.8. The first-order chi connectivity index (χ1) is 15.6. The highest BCUT2D eigenvalue weighted by molar-refractivity contribution is 5.88. The first kappa shape index (κ1) is 31.4. The average molecular weight is 484 g/mol. The molecule has 0 aliphatic carbocycles. The van der Waals surface area contributed by atoms with Crippen molar-refractivity contribution in [2.75, 3.05) is 21.1 Å². The Morgan fingerprint density at radius 3 is 1.91 bits per heavy atom. The molecule has 0 heterocycles. The third-order valence-electron chi connectivity index (χ3n) is 5.79. The van der Waals surface area contributed by atoms with E-state index in [2.05, 4.69) is 22.5 Å². The second-order valence-corrected chi connectivity index (χ2v) is 9.58. The maximum Gasteiger partial charge on any atom is 0.322 e. The average Bonchev–Trinajstić information content (AvgIpc) is 2.77. The van der Waals surface area contributed by atoms with E-state index < -0.39 is 36.3 Å². The summed E-state index contributed by atoms with van der Waals surface area (Å²) in [6.07, 6.45) is -0.110. The van der Waals surface area contributed by atoms with E-state index >= 15 is 0 Å². The Kier molecular flexibility index (Phi) is 13.5. The third kappa shape index (κ3) is 10.1. The van der Waals surface area contributed by atoms with Gasteiger partial charge in [-0.05, 0) is 38.5 Å². The Bertz CT molecular complexity index is 725. The fourth-order valence-electron chi connectivity index (χ4n) is 3.25. The molecule has 0 aromatic heterocycles. The van der Waals surface area contributed by atoms with E-state index in [9.17, 15) is 24.3 Å². The number of hydrogen-bond donors (Lipinski definition) is 4. The minimum atomic E-state index is -1.35. The van der Waals surface area contributed by atoms with Crippen molar-refractivity contribution in [3.05, 3.63) is 12.2 Å². The molecule has 0 aromatic rings. The number of nitrogens with one attached hydrogen (secondary N) is 3. The minimum Gasteiger partial charge on any atom is -0.371 e. The van der Waals surface area contributed by atoms with Crippen molar-refractivity contribution in [1.29, 1.82) is 0 Å². The smallest absolute Gasteiger partial charge is 0.322 e. The van der Waals surface area contributed by atoms with E-state index in [1.165, 1.54) is 26.0 Å². The van der Waals surface area contributed by atoms with Crippen LogP contribution >= 0.6 is 0 Å². The molecule has 0 saturated carbocycles. The lowest BCUT2D eigenvalue weighted by molar-refractivity contribution is -0.130. The maximum atomic E-state index is 12.9. The van der Waals surface area contributed by atoms with E-state index in [0.29, 0.717) is 12.8 Å². The molecule has 0 aromatic carbocycles.